The number of fused-ring (bicyclic) bond motifs is 1. The Morgan fingerprint density at radius 3 is 2.69 bits per heavy atom. The lowest BCUT2D eigenvalue weighted by molar-refractivity contribution is -0.112. The highest BCUT2D eigenvalue weighted by atomic mass is 79.9. The Morgan fingerprint density at radius 2 is 1.97 bits per heavy atom. The van der Waals surface area contributed by atoms with Crippen molar-refractivity contribution in [2.45, 2.75) is 39.2 Å². The summed E-state index contributed by atoms with van der Waals surface area (Å²) in [6.45, 7) is 2.26. The van der Waals surface area contributed by atoms with Gasteiger partial charge in [-0.15, -0.1) is 11.3 Å². The number of ether oxygens (including phenoxy) is 2. The fourth-order valence-electron chi connectivity index (χ4n) is 4.28. The van der Waals surface area contributed by atoms with Crippen molar-refractivity contribution >= 4 is 50.2 Å². The molecule has 1 aromatic heterocycles. The van der Waals surface area contributed by atoms with Crippen LogP contribution in [0.1, 0.15) is 57.3 Å². The second-order valence-corrected chi connectivity index (χ2v) is 10.7. The molecule has 0 atom stereocenters. The third kappa shape index (κ3) is 6.48. The number of benzene rings is 2. The summed E-state index contributed by atoms with van der Waals surface area (Å²) in [5, 5.41) is 31.9. The number of aryl methyl sites for hydroxylation is 1. The molecule has 0 aliphatic heterocycles. The lowest BCUT2D eigenvalue weighted by Gasteiger charge is -2.15. The average Bonchev–Trinajstić information content (AvgIpc) is 3.28. The Bertz CT molecular complexity index is 1550. The van der Waals surface area contributed by atoms with Gasteiger partial charge in [-0.05, 0) is 95.6 Å². The molecule has 0 saturated heterocycles. The molecule has 0 fully saturated rings. The van der Waals surface area contributed by atoms with Crippen LogP contribution in [-0.4, -0.2) is 23.6 Å². The average molecular weight is 606 g/mol. The van der Waals surface area contributed by atoms with E-state index in [1.54, 1.807) is 24.3 Å². The molecule has 0 spiro atoms. The fourth-order valence-corrected chi connectivity index (χ4v) is 6.09. The normalized spacial score (nSPS) is 12.6. The largest absolute Gasteiger partial charge is 0.490 e. The van der Waals surface area contributed by atoms with Gasteiger partial charge < -0.3 is 19.9 Å². The van der Waals surface area contributed by atoms with Gasteiger partial charge in [-0.2, -0.15) is 10.5 Å². The van der Waals surface area contributed by atoms with Crippen LogP contribution in [0.5, 0.6) is 11.5 Å². The number of nitriles is 2. The molecule has 3 aromatic rings. The summed E-state index contributed by atoms with van der Waals surface area (Å²) in [6.07, 6.45) is 5.22. The number of hydrogen-bond acceptors (Lipinski definition) is 7. The number of nitrogens with one attached hydrogen (secondary N) is 1. The molecule has 39 heavy (non-hydrogen) atoms. The zero-order chi connectivity index (χ0) is 27.9. The molecule has 0 bridgehead atoms. The Kier molecular flexibility index (Phi) is 9.03. The summed E-state index contributed by atoms with van der Waals surface area (Å²) < 4.78 is 12.3. The molecule has 0 unspecified atom stereocenters. The van der Waals surface area contributed by atoms with Gasteiger partial charge in [0, 0.05) is 4.88 Å². The van der Waals surface area contributed by atoms with Gasteiger partial charge in [0.05, 0.1) is 22.2 Å². The lowest BCUT2D eigenvalue weighted by atomic mass is 9.96. The van der Waals surface area contributed by atoms with Crippen LogP contribution in [0.25, 0.3) is 6.08 Å². The van der Waals surface area contributed by atoms with E-state index in [4.69, 9.17) is 9.47 Å². The van der Waals surface area contributed by atoms with Gasteiger partial charge in [0.1, 0.15) is 29.3 Å². The number of anilines is 1. The zero-order valence-electron chi connectivity index (χ0n) is 21.0. The van der Waals surface area contributed by atoms with Crippen molar-refractivity contribution in [1.82, 2.24) is 0 Å². The maximum absolute atomic E-state index is 13.0. The molecule has 1 aliphatic rings. The van der Waals surface area contributed by atoms with Crippen molar-refractivity contribution in [1.29, 1.82) is 10.5 Å². The molecule has 198 valence electrons. The van der Waals surface area contributed by atoms with Crippen LogP contribution in [0.15, 0.2) is 46.4 Å². The zero-order valence-corrected chi connectivity index (χ0v) is 23.4. The number of nitrogens with zero attached hydrogens (tertiary/aromatic N) is 2. The van der Waals surface area contributed by atoms with Gasteiger partial charge in [-0.3, -0.25) is 4.79 Å². The summed E-state index contributed by atoms with van der Waals surface area (Å²) in [6, 6.07) is 14.0. The number of rotatable bonds is 9. The van der Waals surface area contributed by atoms with Gasteiger partial charge >= 0.3 is 5.97 Å². The molecule has 10 heteroatoms. The third-order valence-electron chi connectivity index (χ3n) is 6.08. The fraction of sp³-hybridized carbons (Fsp3) is 0.241. The van der Waals surface area contributed by atoms with Crippen molar-refractivity contribution in [3.05, 3.63) is 79.1 Å². The quantitative estimate of drug-likeness (QED) is 0.210. The molecule has 2 aromatic carbocycles. The molecule has 1 amide bonds. The molecule has 1 aliphatic carbocycles. The van der Waals surface area contributed by atoms with E-state index in [0.717, 1.165) is 36.1 Å². The second-order valence-electron chi connectivity index (χ2n) is 8.71. The number of halogens is 1. The van der Waals surface area contributed by atoms with E-state index >= 15 is 0 Å². The van der Waals surface area contributed by atoms with Crippen LogP contribution in [0.4, 0.5) is 5.00 Å². The number of hydrogen-bond donors (Lipinski definition) is 2. The molecule has 2 N–H and O–H groups in total. The molecular weight excluding hydrogens is 582 g/mol. The van der Waals surface area contributed by atoms with E-state index in [1.807, 2.05) is 13.0 Å². The van der Waals surface area contributed by atoms with Gasteiger partial charge in [0.15, 0.2) is 11.5 Å². The number of aromatic carboxylic acids is 1. The first-order valence-corrected chi connectivity index (χ1v) is 13.8. The van der Waals surface area contributed by atoms with E-state index in [-0.39, 0.29) is 17.7 Å². The van der Waals surface area contributed by atoms with Crippen LogP contribution in [0.3, 0.4) is 0 Å². The van der Waals surface area contributed by atoms with Crippen LogP contribution < -0.4 is 14.8 Å². The number of carbonyl (C=O) groups excluding carboxylic acids is 1. The number of carboxylic acids is 1. The smallest absolute Gasteiger partial charge is 0.335 e. The summed E-state index contributed by atoms with van der Waals surface area (Å²) >= 11 is 4.89. The van der Waals surface area contributed by atoms with Crippen molar-refractivity contribution in [2.24, 2.45) is 0 Å². The summed E-state index contributed by atoms with van der Waals surface area (Å²) in [5.41, 5.74) is 2.72. The standard InChI is InChI=1S/C29H24BrN3O5S/c1-2-37-24-13-18(12-23(30)26(24)38-16-17-6-5-7-19(10-17)29(35)36)11-20(14-31)27(34)33-28-22(15-32)21-8-3-4-9-25(21)39-28/h5-7,10-13H,2-4,8-9,16H2,1H3,(H,33,34)(H,35,36)/b20-11+. The molecule has 8 nitrogen and oxygen atoms in total. The highest BCUT2D eigenvalue weighted by Gasteiger charge is 2.23. The monoisotopic (exact) mass is 605 g/mol. The van der Waals surface area contributed by atoms with Gasteiger partial charge in [-0.25, -0.2) is 4.79 Å². The van der Waals surface area contributed by atoms with E-state index in [1.165, 1.54) is 29.5 Å². The van der Waals surface area contributed by atoms with Crippen LogP contribution in [0, 0.1) is 22.7 Å². The maximum atomic E-state index is 13.0. The Hall–Kier alpha value is -4.12. The molecule has 1 heterocycles. The summed E-state index contributed by atoms with van der Waals surface area (Å²) in [5.74, 6) is -0.826. The lowest BCUT2D eigenvalue weighted by Crippen LogP contribution is -2.13. The van der Waals surface area contributed by atoms with Gasteiger partial charge in [0.25, 0.3) is 5.91 Å². The van der Waals surface area contributed by atoms with Crippen molar-refractivity contribution < 1.29 is 24.2 Å². The van der Waals surface area contributed by atoms with E-state index in [2.05, 4.69) is 27.3 Å². The highest BCUT2D eigenvalue weighted by molar-refractivity contribution is 9.10. The third-order valence-corrected chi connectivity index (χ3v) is 7.87. The molecule has 0 saturated carbocycles. The predicted molar refractivity (Wildman–Crippen MR) is 151 cm³/mol. The first-order valence-electron chi connectivity index (χ1n) is 12.2. The maximum Gasteiger partial charge on any atom is 0.335 e. The number of carbonyl (C=O) groups is 2. The number of thiophene rings is 1. The number of amides is 1. The SMILES string of the molecule is CCOc1cc(/C=C(\C#N)C(=O)Nc2sc3c(c2C#N)CCCC3)cc(Br)c1OCc1cccc(C(=O)O)c1. The van der Waals surface area contributed by atoms with Crippen molar-refractivity contribution in [3.63, 3.8) is 0 Å². The second kappa shape index (κ2) is 12.6. The van der Waals surface area contributed by atoms with Crippen LogP contribution in [0.2, 0.25) is 0 Å². The minimum Gasteiger partial charge on any atom is -0.490 e. The van der Waals surface area contributed by atoms with Crippen LogP contribution in [-0.2, 0) is 24.2 Å². The minimum atomic E-state index is -1.02. The predicted octanol–water partition coefficient (Wildman–Crippen LogP) is 6.48. The van der Waals surface area contributed by atoms with Crippen molar-refractivity contribution in [2.75, 3.05) is 11.9 Å². The summed E-state index contributed by atoms with van der Waals surface area (Å²) in [4.78, 5) is 25.4. The Morgan fingerprint density at radius 1 is 1.18 bits per heavy atom. The molecule has 4 rings (SSSR count). The first kappa shape index (κ1) is 27.9. The molecular formula is C29H24BrN3O5S. The number of carboxylic acid groups (broad SMARTS) is 1. The van der Waals surface area contributed by atoms with E-state index in [0.29, 0.717) is 44.3 Å². The van der Waals surface area contributed by atoms with Gasteiger partial charge in [-0.1, -0.05) is 12.1 Å². The van der Waals surface area contributed by atoms with Crippen molar-refractivity contribution in [3.8, 4) is 23.6 Å². The minimum absolute atomic E-state index is 0.104. The van der Waals surface area contributed by atoms with Gasteiger partial charge in [0.2, 0.25) is 0 Å². The van der Waals surface area contributed by atoms with Crippen LogP contribution >= 0.6 is 27.3 Å². The summed E-state index contributed by atoms with van der Waals surface area (Å²) in [7, 11) is 0. The molecule has 0 radical (unpaired) electrons. The Balaban J connectivity index is 1.57. The van der Waals surface area contributed by atoms with E-state index in [9.17, 15) is 25.2 Å². The topological polar surface area (TPSA) is 132 Å². The van der Waals surface area contributed by atoms with E-state index < -0.39 is 11.9 Å². The first-order chi connectivity index (χ1) is 18.8. The Labute approximate surface area is 238 Å². The highest BCUT2D eigenvalue weighted by Crippen LogP contribution is 2.39.